The van der Waals surface area contributed by atoms with Crippen molar-refractivity contribution in [2.24, 2.45) is 9.98 Å². The van der Waals surface area contributed by atoms with Crippen molar-refractivity contribution in [2.45, 2.75) is 19.8 Å². The monoisotopic (exact) mass is 369 g/mol. The van der Waals surface area contributed by atoms with Gasteiger partial charge in [-0.05, 0) is 42.8 Å². The number of hydrogen-bond donors (Lipinski definition) is 1. The Kier molecular flexibility index (Phi) is 4.81. The number of aldehydes is 1. The first-order valence-corrected chi connectivity index (χ1v) is 9.21. The van der Waals surface area contributed by atoms with Gasteiger partial charge >= 0.3 is 0 Å². The lowest BCUT2D eigenvalue weighted by Gasteiger charge is -2.13. The summed E-state index contributed by atoms with van der Waals surface area (Å²) in [5.74, 6) is 0.0704. The average molecular weight is 369 g/mol. The van der Waals surface area contributed by atoms with Crippen molar-refractivity contribution in [2.75, 3.05) is 0 Å². The van der Waals surface area contributed by atoms with Crippen LogP contribution in [0, 0.1) is 0 Å². The maximum Gasteiger partial charge on any atom is 0.171 e. The minimum absolute atomic E-state index is 0.0704. The molecule has 0 radical (unpaired) electrons. The summed E-state index contributed by atoms with van der Waals surface area (Å²) in [5, 5.41) is 0. The number of aliphatic imine (C=N–C) groups is 2. The van der Waals surface area contributed by atoms with E-state index in [9.17, 15) is 9.59 Å². The highest BCUT2D eigenvalue weighted by Crippen LogP contribution is 2.27. The molecule has 0 atom stereocenters. The highest BCUT2D eigenvalue weighted by molar-refractivity contribution is 6.20. The zero-order valence-corrected chi connectivity index (χ0v) is 15.5. The van der Waals surface area contributed by atoms with Gasteiger partial charge in [0.2, 0.25) is 0 Å². The zero-order valence-electron chi connectivity index (χ0n) is 15.5. The van der Waals surface area contributed by atoms with Crippen molar-refractivity contribution < 1.29 is 9.59 Å². The third kappa shape index (κ3) is 3.34. The van der Waals surface area contributed by atoms with Crippen LogP contribution in [0.1, 0.15) is 51.9 Å². The van der Waals surface area contributed by atoms with Crippen LogP contribution in [0.15, 0.2) is 70.6 Å². The number of Topliss-reactive ketones (excluding diaryl/α,β-unsaturated/α-hetero) is 1. The quantitative estimate of drug-likeness (QED) is 0.504. The van der Waals surface area contributed by atoms with E-state index in [1.54, 1.807) is 6.07 Å². The first-order chi connectivity index (χ1) is 13.7. The molecule has 5 nitrogen and oxygen atoms in total. The second kappa shape index (κ2) is 7.56. The van der Waals surface area contributed by atoms with Gasteiger partial charge in [0.15, 0.2) is 12.1 Å². The number of para-hydroxylation sites is 2. The molecule has 4 rings (SSSR count). The molecule has 0 aliphatic carbocycles. The lowest BCUT2D eigenvalue weighted by molar-refractivity contribution is 0.0999. The van der Waals surface area contributed by atoms with Gasteiger partial charge < -0.3 is 4.98 Å². The molecule has 1 aromatic heterocycles. The number of nitrogens with zero attached hydrogens (tertiary/aromatic N) is 2. The molecule has 5 heteroatoms. The molecule has 2 aromatic carbocycles. The van der Waals surface area contributed by atoms with Gasteiger partial charge in [-0.2, -0.15) is 0 Å². The van der Waals surface area contributed by atoms with E-state index < -0.39 is 0 Å². The van der Waals surface area contributed by atoms with Crippen LogP contribution >= 0.6 is 0 Å². The van der Waals surface area contributed by atoms with Gasteiger partial charge in [-0.25, -0.2) is 0 Å². The van der Waals surface area contributed by atoms with E-state index in [4.69, 9.17) is 0 Å². The van der Waals surface area contributed by atoms with E-state index in [-0.39, 0.29) is 12.2 Å². The van der Waals surface area contributed by atoms with Crippen molar-refractivity contribution in [1.29, 1.82) is 0 Å². The van der Waals surface area contributed by atoms with Crippen LogP contribution in [0.3, 0.4) is 0 Å². The largest absolute Gasteiger partial charge is 0.353 e. The Morgan fingerprint density at radius 2 is 1.89 bits per heavy atom. The summed E-state index contributed by atoms with van der Waals surface area (Å²) >= 11 is 0. The highest BCUT2D eigenvalue weighted by Gasteiger charge is 2.21. The number of nitrogens with one attached hydrogen (secondary N) is 1. The second-order valence-electron chi connectivity index (χ2n) is 6.55. The van der Waals surface area contributed by atoms with E-state index in [1.807, 2.05) is 61.5 Å². The third-order valence-corrected chi connectivity index (χ3v) is 4.75. The molecule has 0 saturated carbocycles. The molecule has 3 aromatic rings. The number of benzene rings is 2. The normalized spacial score (nSPS) is 13.8. The van der Waals surface area contributed by atoms with E-state index in [1.165, 1.54) is 0 Å². The van der Waals surface area contributed by atoms with Crippen molar-refractivity contribution in [1.82, 2.24) is 4.98 Å². The summed E-state index contributed by atoms with van der Waals surface area (Å²) < 4.78 is 0. The number of carbonyl (C=O) groups is 2. The Balaban J connectivity index is 1.69. The first-order valence-electron chi connectivity index (χ1n) is 9.21. The van der Waals surface area contributed by atoms with Crippen LogP contribution in [-0.2, 0) is 0 Å². The van der Waals surface area contributed by atoms with Gasteiger partial charge in [-0.15, -0.1) is 0 Å². The lowest BCUT2D eigenvalue weighted by Crippen LogP contribution is -2.15. The second-order valence-corrected chi connectivity index (χ2v) is 6.55. The Hall–Kier alpha value is -3.60. The van der Waals surface area contributed by atoms with E-state index in [0.29, 0.717) is 28.9 Å². The lowest BCUT2D eigenvalue weighted by atomic mass is 9.99. The minimum atomic E-state index is 0.0704. The van der Waals surface area contributed by atoms with Gasteiger partial charge in [0.05, 0.1) is 40.6 Å². The van der Waals surface area contributed by atoms with Crippen molar-refractivity contribution in [3.63, 3.8) is 0 Å². The van der Waals surface area contributed by atoms with Crippen molar-refractivity contribution >= 4 is 34.9 Å². The predicted molar refractivity (Wildman–Crippen MR) is 111 cm³/mol. The van der Waals surface area contributed by atoms with Crippen LogP contribution in [-0.4, -0.2) is 28.5 Å². The van der Waals surface area contributed by atoms with Crippen molar-refractivity contribution in [3.8, 4) is 0 Å². The smallest absolute Gasteiger partial charge is 0.171 e. The standard InChI is InChI=1S/C23H19N3O2/c1-2-17(24-18-9-5-3-7-15(18)14-27)20-11-12-21(26-20)22-13-23(28)16-8-4-6-10-19(16)25-22/h3-12,14,26H,2,13H2,1H3. The molecule has 28 heavy (non-hydrogen) atoms. The Labute approximate surface area is 162 Å². The topological polar surface area (TPSA) is 74.7 Å². The van der Waals surface area contributed by atoms with Gasteiger partial charge in [-0.3, -0.25) is 19.6 Å². The van der Waals surface area contributed by atoms with Gasteiger partial charge in [0, 0.05) is 11.1 Å². The Morgan fingerprint density at radius 1 is 1.11 bits per heavy atom. The number of H-pyrrole nitrogens is 1. The molecule has 1 aliphatic heterocycles. The third-order valence-electron chi connectivity index (χ3n) is 4.75. The molecule has 0 saturated heterocycles. The molecular weight excluding hydrogens is 350 g/mol. The van der Waals surface area contributed by atoms with Crippen LogP contribution in [0.5, 0.6) is 0 Å². The van der Waals surface area contributed by atoms with Crippen LogP contribution < -0.4 is 0 Å². The Morgan fingerprint density at radius 3 is 2.71 bits per heavy atom. The van der Waals surface area contributed by atoms with Crippen molar-refractivity contribution in [3.05, 3.63) is 83.2 Å². The summed E-state index contributed by atoms with van der Waals surface area (Å²) in [4.78, 5) is 36.3. The van der Waals surface area contributed by atoms with Gasteiger partial charge in [0.1, 0.15) is 0 Å². The minimum Gasteiger partial charge on any atom is -0.353 e. The number of ketones is 1. The van der Waals surface area contributed by atoms with Crippen LogP contribution in [0.2, 0.25) is 0 Å². The molecule has 138 valence electrons. The van der Waals surface area contributed by atoms with Crippen LogP contribution in [0.25, 0.3) is 0 Å². The summed E-state index contributed by atoms with van der Waals surface area (Å²) in [6.07, 6.45) is 1.77. The van der Waals surface area contributed by atoms with Gasteiger partial charge in [-0.1, -0.05) is 31.2 Å². The fraction of sp³-hybridized carbons (Fsp3) is 0.130. The molecule has 0 spiro atoms. The number of aromatic nitrogens is 1. The number of rotatable bonds is 5. The fourth-order valence-electron chi connectivity index (χ4n) is 3.29. The molecule has 1 aliphatic rings. The number of aromatic amines is 1. The fourth-order valence-corrected chi connectivity index (χ4v) is 3.29. The number of carbonyl (C=O) groups excluding carboxylic acids is 2. The molecule has 0 unspecified atom stereocenters. The summed E-state index contributed by atoms with van der Waals surface area (Å²) in [5.41, 5.74) is 5.79. The first kappa shape index (κ1) is 17.8. The van der Waals surface area contributed by atoms with Gasteiger partial charge in [0.25, 0.3) is 0 Å². The SMILES string of the molecule is CCC(=Nc1ccccc1C=O)c1ccc(C2=Nc3ccccc3C(=O)C2)[nH]1. The van der Waals surface area contributed by atoms with E-state index in [0.717, 1.165) is 29.1 Å². The maximum atomic E-state index is 12.4. The average Bonchev–Trinajstić information content (AvgIpc) is 3.22. The molecular formula is C23H19N3O2. The summed E-state index contributed by atoms with van der Waals surface area (Å²) in [7, 11) is 0. The zero-order chi connectivity index (χ0) is 19.5. The summed E-state index contributed by atoms with van der Waals surface area (Å²) in [6, 6.07) is 18.5. The molecule has 0 amide bonds. The molecule has 0 bridgehead atoms. The predicted octanol–water partition coefficient (Wildman–Crippen LogP) is 5.07. The highest BCUT2D eigenvalue weighted by atomic mass is 16.1. The Bertz CT molecular complexity index is 1120. The van der Waals surface area contributed by atoms with Crippen LogP contribution in [0.4, 0.5) is 11.4 Å². The molecule has 1 N–H and O–H groups in total. The number of hydrogen-bond acceptors (Lipinski definition) is 4. The van der Waals surface area contributed by atoms with E-state index in [2.05, 4.69) is 15.0 Å². The number of fused-ring (bicyclic) bond motifs is 1. The van der Waals surface area contributed by atoms with E-state index >= 15 is 0 Å². The molecule has 0 fully saturated rings. The maximum absolute atomic E-state index is 12.4. The molecule has 2 heterocycles. The summed E-state index contributed by atoms with van der Waals surface area (Å²) in [6.45, 7) is 2.01.